The molecule has 0 atom stereocenters. The highest BCUT2D eigenvalue weighted by atomic mass is 19.1. The molecule has 4 aromatic rings. The van der Waals surface area contributed by atoms with Gasteiger partial charge in [0.15, 0.2) is 5.65 Å². The van der Waals surface area contributed by atoms with Crippen molar-refractivity contribution in [2.45, 2.75) is 25.5 Å². The highest BCUT2D eigenvalue weighted by Gasteiger charge is 2.18. The summed E-state index contributed by atoms with van der Waals surface area (Å²) in [4.78, 5) is 4.53. The molecular formula is C21H19F2N5O2. The van der Waals surface area contributed by atoms with Crippen LogP contribution in [0, 0.1) is 11.6 Å². The maximum Gasteiger partial charge on any atom is 0.217 e. The van der Waals surface area contributed by atoms with Crippen LogP contribution in [-0.4, -0.2) is 37.6 Å². The zero-order valence-electron chi connectivity index (χ0n) is 16.0. The second-order valence-electron chi connectivity index (χ2n) is 7.21. The SMILES string of the molecule is Fc1cc(F)cc(COc2ccn3ncc(-c4cnn(C5CCOCC5)c4)c3n2)c1. The van der Waals surface area contributed by atoms with Crippen molar-refractivity contribution in [3.63, 3.8) is 0 Å². The lowest BCUT2D eigenvalue weighted by atomic mass is 10.1. The van der Waals surface area contributed by atoms with Crippen molar-refractivity contribution in [1.29, 1.82) is 0 Å². The number of rotatable bonds is 5. The van der Waals surface area contributed by atoms with Gasteiger partial charge in [0, 0.05) is 48.9 Å². The lowest BCUT2D eigenvalue weighted by molar-refractivity contribution is 0.0662. The molecule has 0 amide bonds. The zero-order chi connectivity index (χ0) is 20.5. The van der Waals surface area contributed by atoms with Gasteiger partial charge in [-0.25, -0.2) is 13.3 Å². The van der Waals surface area contributed by atoms with Crippen molar-refractivity contribution in [3.05, 3.63) is 66.3 Å². The number of hydrogen-bond acceptors (Lipinski definition) is 5. The largest absolute Gasteiger partial charge is 0.473 e. The summed E-state index contributed by atoms with van der Waals surface area (Å²) in [6.07, 6.45) is 9.14. The number of fused-ring (bicyclic) bond motifs is 1. The van der Waals surface area contributed by atoms with Crippen LogP contribution in [0.5, 0.6) is 5.88 Å². The molecule has 1 aromatic carbocycles. The molecule has 1 fully saturated rings. The summed E-state index contributed by atoms with van der Waals surface area (Å²) in [7, 11) is 0. The second-order valence-corrected chi connectivity index (χ2v) is 7.21. The van der Waals surface area contributed by atoms with Crippen LogP contribution in [0.15, 0.2) is 49.1 Å². The number of benzene rings is 1. The Morgan fingerprint density at radius 1 is 1.07 bits per heavy atom. The minimum Gasteiger partial charge on any atom is -0.473 e. The first kappa shape index (κ1) is 18.7. The Hall–Kier alpha value is -3.33. The molecule has 4 heterocycles. The Kier molecular flexibility index (Phi) is 4.88. The third-order valence-corrected chi connectivity index (χ3v) is 5.13. The van der Waals surface area contributed by atoms with E-state index in [-0.39, 0.29) is 6.61 Å². The van der Waals surface area contributed by atoms with Gasteiger partial charge in [-0.1, -0.05) is 0 Å². The topological polar surface area (TPSA) is 66.5 Å². The van der Waals surface area contributed by atoms with Crippen molar-refractivity contribution in [3.8, 4) is 17.0 Å². The highest BCUT2D eigenvalue weighted by Crippen LogP contribution is 2.27. The molecule has 0 saturated carbocycles. The molecule has 1 aliphatic rings. The number of ether oxygens (including phenoxy) is 2. The molecule has 0 aliphatic carbocycles. The van der Waals surface area contributed by atoms with Crippen molar-refractivity contribution in [2.75, 3.05) is 13.2 Å². The average molecular weight is 411 g/mol. The van der Waals surface area contributed by atoms with E-state index in [2.05, 4.69) is 15.2 Å². The van der Waals surface area contributed by atoms with Gasteiger partial charge in [-0.3, -0.25) is 4.68 Å². The fourth-order valence-corrected chi connectivity index (χ4v) is 3.61. The summed E-state index contributed by atoms with van der Waals surface area (Å²) in [6, 6.07) is 5.28. The summed E-state index contributed by atoms with van der Waals surface area (Å²) in [5.74, 6) is -0.945. The summed E-state index contributed by atoms with van der Waals surface area (Å²) in [5.41, 5.74) is 2.74. The van der Waals surface area contributed by atoms with E-state index >= 15 is 0 Å². The number of aromatic nitrogens is 5. The van der Waals surface area contributed by atoms with Gasteiger partial charge in [0.05, 0.1) is 18.4 Å². The molecule has 3 aromatic heterocycles. The van der Waals surface area contributed by atoms with Crippen LogP contribution in [0.3, 0.4) is 0 Å². The summed E-state index contributed by atoms with van der Waals surface area (Å²) < 4.78 is 41.4. The highest BCUT2D eigenvalue weighted by molar-refractivity contribution is 5.76. The maximum absolute atomic E-state index is 13.4. The molecule has 0 bridgehead atoms. The quantitative estimate of drug-likeness (QED) is 0.500. The molecule has 5 rings (SSSR count). The summed E-state index contributed by atoms with van der Waals surface area (Å²) in [5, 5.41) is 8.85. The monoisotopic (exact) mass is 411 g/mol. The van der Waals surface area contributed by atoms with Crippen molar-refractivity contribution >= 4 is 5.65 Å². The predicted molar refractivity (Wildman–Crippen MR) is 104 cm³/mol. The molecule has 0 unspecified atom stereocenters. The summed E-state index contributed by atoms with van der Waals surface area (Å²) in [6.45, 7) is 1.49. The van der Waals surface area contributed by atoms with E-state index in [1.54, 1.807) is 29.2 Å². The first-order chi connectivity index (χ1) is 14.7. The molecule has 0 spiro atoms. The Morgan fingerprint density at radius 2 is 1.87 bits per heavy atom. The molecule has 1 saturated heterocycles. The lowest BCUT2D eigenvalue weighted by Gasteiger charge is -2.22. The van der Waals surface area contributed by atoms with E-state index in [1.165, 1.54) is 12.1 Å². The maximum atomic E-state index is 13.4. The van der Waals surface area contributed by atoms with E-state index < -0.39 is 11.6 Å². The molecule has 9 heteroatoms. The van der Waals surface area contributed by atoms with E-state index in [1.807, 2.05) is 10.9 Å². The Morgan fingerprint density at radius 3 is 2.67 bits per heavy atom. The molecular weight excluding hydrogens is 392 g/mol. The van der Waals surface area contributed by atoms with Crippen molar-refractivity contribution in [2.24, 2.45) is 0 Å². The number of halogens is 2. The third-order valence-electron chi connectivity index (χ3n) is 5.13. The van der Waals surface area contributed by atoms with Gasteiger partial charge in [0.25, 0.3) is 0 Å². The van der Waals surface area contributed by atoms with Crippen LogP contribution in [0.2, 0.25) is 0 Å². The van der Waals surface area contributed by atoms with Gasteiger partial charge in [0.2, 0.25) is 5.88 Å². The van der Waals surface area contributed by atoms with E-state index in [0.29, 0.717) is 23.1 Å². The number of nitrogens with zero attached hydrogens (tertiary/aromatic N) is 5. The molecule has 1 aliphatic heterocycles. The fourth-order valence-electron chi connectivity index (χ4n) is 3.61. The predicted octanol–water partition coefficient (Wildman–Crippen LogP) is 3.80. The second kappa shape index (κ2) is 7.83. The van der Waals surface area contributed by atoms with Crippen LogP contribution >= 0.6 is 0 Å². The first-order valence-corrected chi connectivity index (χ1v) is 9.70. The van der Waals surface area contributed by atoms with E-state index in [0.717, 1.165) is 43.2 Å². The van der Waals surface area contributed by atoms with Crippen molar-refractivity contribution < 1.29 is 18.3 Å². The summed E-state index contributed by atoms with van der Waals surface area (Å²) >= 11 is 0. The Labute approximate surface area is 170 Å². The minimum absolute atomic E-state index is 0.00298. The molecule has 0 radical (unpaired) electrons. The molecule has 0 N–H and O–H groups in total. The zero-order valence-corrected chi connectivity index (χ0v) is 16.0. The van der Waals surface area contributed by atoms with E-state index in [4.69, 9.17) is 9.47 Å². The lowest BCUT2D eigenvalue weighted by Crippen LogP contribution is -2.19. The molecule has 154 valence electrons. The van der Waals surface area contributed by atoms with Crippen LogP contribution in [-0.2, 0) is 11.3 Å². The van der Waals surface area contributed by atoms with Crippen LogP contribution in [0.4, 0.5) is 8.78 Å². The van der Waals surface area contributed by atoms with Crippen molar-refractivity contribution in [1.82, 2.24) is 24.4 Å². The van der Waals surface area contributed by atoms with Crippen LogP contribution in [0.1, 0.15) is 24.4 Å². The minimum atomic E-state index is -0.642. The third kappa shape index (κ3) is 3.76. The van der Waals surface area contributed by atoms with Gasteiger partial charge in [-0.2, -0.15) is 15.2 Å². The normalized spacial score (nSPS) is 15.0. The molecule has 30 heavy (non-hydrogen) atoms. The average Bonchev–Trinajstić information content (AvgIpc) is 3.39. The molecule has 7 nitrogen and oxygen atoms in total. The smallest absolute Gasteiger partial charge is 0.217 e. The Balaban J connectivity index is 1.38. The first-order valence-electron chi connectivity index (χ1n) is 9.70. The van der Waals surface area contributed by atoms with Crippen LogP contribution in [0.25, 0.3) is 16.8 Å². The fraction of sp³-hybridized carbons (Fsp3) is 0.286. The standard InChI is InChI=1S/C21H19F2N5O2/c22-16-7-14(8-17(23)9-16)13-30-20-1-4-27-21(26-20)19(11-25-27)15-10-24-28(12-15)18-2-5-29-6-3-18/h1,4,7-12,18H,2-3,5-6,13H2. The van der Waals surface area contributed by atoms with Gasteiger partial charge >= 0.3 is 0 Å². The van der Waals surface area contributed by atoms with Gasteiger partial charge < -0.3 is 9.47 Å². The number of hydrogen-bond donors (Lipinski definition) is 0. The van der Waals surface area contributed by atoms with E-state index in [9.17, 15) is 8.78 Å². The van der Waals surface area contributed by atoms with Gasteiger partial charge in [0.1, 0.15) is 18.2 Å². The van der Waals surface area contributed by atoms with Crippen LogP contribution < -0.4 is 4.74 Å². The van der Waals surface area contributed by atoms with Gasteiger partial charge in [-0.15, -0.1) is 0 Å². The Bertz CT molecular complexity index is 1160. The van der Waals surface area contributed by atoms with Gasteiger partial charge in [-0.05, 0) is 30.5 Å².